The predicted molar refractivity (Wildman–Crippen MR) is 104 cm³/mol. The largest absolute Gasteiger partial charge is 0.423 e. The quantitative estimate of drug-likeness (QED) is 0.707. The summed E-state index contributed by atoms with van der Waals surface area (Å²) >= 11 is 0. The lowest BCUT2D eigenvalue weighted by Gasteiger charge is -2.42. The first-order chi connectivity index (χ1) is 13.7. The summed E-state index contributed by atoms with van der Waals surface area (Å²) in [6.45, 7) is 2.22. The summed E-state index contributed by atoms with van der Waals surface area (Å²) in [6.07, 6.45) is 1.63. The second kappa shape index (κ2) is 6.68. The number of piperidine rings is 1. The van der Waals surface area contributed by atoms with Crippen molar-refractivity contribution in [2.45, 2.75) is 25.3 Å². The average molecular weight is 372 g/mol. The van der Waals surface area contributed by atoms with Gasteiger partial charge in [-0.15, -0.1) is 0 Å². The van der Waals surface area contributed by atoms with Crippen LogP contribution in [-0.2, 0) is 13.0 Å². The highest BCUT2D eigenvalue weighted by atomic mass is 16.4. The number of fused-ring (bicyclic) bond motifs is 4. The Bertz CT molecular complexity index is 1110. The van der Waals surface area contributed by atoms with Crippen LogP contribution in [0.25, 0.3) is 0 Å². The van der Waals surface area contributed by atoms with Gasteiger partial charge in [0.2, 0.25) is 17.5 Å². The van der Waals surface area contributed by atoms with Gasteiger partial charge in [0.05, 0.1) is 0 Å². The van der Waals surface area contributed by atoms with Gasteiger partial charge in [0.1, 0.15) is 6.07 Å². The molecule has 2 aromatic heterocycles. The summed E-state index contributed by atoms with van der Waals surface area (Å²) in [5, 5.41) is 9.58. The van der Waals surface area contributed by atoms with Gasteiger partial charge in [-0.1, -0.05) is 36.4 Å². The number of nitrogens with zero attached hydrogens (tertiary/aromatic N) is 4. The van der Waals surface area contributed by atoms with Gasteiger partial charge >= 0.3 is 0 Å². The molecule has 6 nitrogen and oxygen atoms in total. The molecule has 2 atom stereocenters. The Balaban J connectivity index is 1.44. The Morgan fingerprint density at radius 3 is 2.79 bits per heavy atom. The van der Waals surface area contributed by atoms with Gasteiger partial charge < -0.3 is 13.9 Å². The van der Waals surface area contributed by atoms with Crippen molar-refractivity contribution in [2.24, 2.45) is 5.92 Å². The predicted octanol–water partition coefficient (Wildman–Crippen LogP) is 2.92. The van der Waals surface area contributed by atoms with Crippen molar-refractivity contribution in [3.05, 3.63) is 81.7 Å². The number of nitriles is 1. The number of oxazole rings is 1. The number of pyridine rings is 1. The molecule has 1 aromatic carbocycles. The number of hydrogen-bond acceptors (Lipinski definition) is 5. The smallest absolute Gasteiger partial charge is 0.250 e. The second-order valence-corrected chi connectivity index (χ2v) is 7.64. The van der Waals surface area contributed by atoms with Crippen molar-refractivity contribution in [1.29, 1.82) is 5.26 Å². The van der Waals surface area contributed by atoms with Crippen molar-refractivity contribution in [1.82, 2.24) is 9.55 Å². The third kappa shape index (κ3) is 2.89. The Kier molecular flexibility index (Phi) is 4.01. The lowest BCUT2D eigenvalue weighted by molar-refractivity contribution is 0.274. The van der Waals surface area contributed by atoms with Gasteiger partial charge in [0.15, 0.2) is 0 Å². The highest BCUT2D eigenvalue weighted by molar-refractivity contribution is 5.49. The van der Waals surface area contributed by atoms with Crippen LogP contribution >= 0.6 is 0 Å². The molecule has 140 valence electrons. The van der Waals surface area contributed by atoms with Crippen LogP contribution in [-0.4, -0.2) is 22.6 Å². The molecule has 0 amide bonds. The zero-order valence-corrected chi connectivity index (χ0v) is 15.4. The fourth-order valence-electron chi connectivity index (χ4n) is 4.55. The van der Waals surface area contributed by atoms with Gasteiger partial charge in [0.25, 0.3) is 5.56 Å². The topological polar surface area (TPSA) is 75.1 Å². The standard InChI is InChI=1S/C22H20N4O2/c23-11-18-22(28-20(24-18)10-15-5-2-1-3-6-15)25-12-16-9-17(14-25)19-7-4-8-21(27)26(19)13-16/h1-8,16-17H,9-10,12-14H2. The fourth-order valence-corrected chi connectivity index (χ4v) is 4.55. The molecule has 6 heteroatoms. The Morgan fingerprint density at radius 2 is 1.96 bits per heavy atom. The van der Waals surface area contributed by atoms with Crippen LogP contribution < -0.4 is 10.5 Å². The third-order valence-electron chi connectivity index (χ3n) is 5.72. The summed E-state index contributed by atoms with van der Waals surface area (Å²) in [6, 6.07) is 17.7. The minimum Gasteiger partial charge on any atom is -0.423 e. The SMILES string of the molecule is N#Cc1nc(Cc2ccccc2)oc1N1CC2CC(C1)c1cccc(=O)n1C2. The van der Waals surface area contributed by atoms with E-state index in [9.17, 15) is 10.1 Å². The molecule has 0 saturated carbocycles. The Morgan fingerprint density at radius 1 is 1.11 bits per heavy atom. The third-order valence-corrected chi connectivity index (χ3v) is 5.72. The zero-order valence-electron chi connectivity index (χ0n) is 15.4. The summed E-state index contributed by atoms with van der Waals surface area (Å²) < 4.78 is 7.96. The molecule has 2 aliphatic heterocycles. The number of anilines is 1. The first kappa shape index (κ1) is 16.8. The van der Waals surface area contributed by atoms with E-state index in [4.69, 9.17) is 4.42 Å². The molecular weight excluding hydrogens is 352 g/mol. The first-order valence-corrected chi connectivity index (χ1v) is 9.59. The molecule has 0 N–H and O–H groups in total. The van der Waals surface area contributed by atoms with E-state index in [1.165, 1.54) is 0 Å². The highest BCUT2D eigenvalue weighted by Gasteiger charge is 2.36. The van der Waals surface area contributed by atoms with E-state index >= 15 is 0 Å². The Labute approximate surface area is 162 Å². The number of hydrogen-bond donors (Lipinski definition) is 0. The van der Waals surface area contributed by atoms with Crippen LogP contribution in [0, 0.1) is 17.2 Å². The van der Waals surface area contributed by atoms with Crippen LogP contribution in [0.1, 0.15) is 35.2 Å². The average Bonchev–Trinajstić information content (AvgIpc) is 3.12. The van der Waals surface area contributed by atoms with Crippen molar-refractivity contribution >= 4 is 5.88 Å². The summed E-state index contributed by atoms with van der Waals surface area (Å²) in [7, 11) is 0. The molecule has 2 unspecified atom stereocenters. The van der Waals surface area contributed by atoms with E-state index in [1.54, 1.807) is 6.07 Å². The van der Waals surface area contributed by atoms with E-state index in [0.29, 0.717) is 29.8 Å². The van der Waals surface area contributed by atoms with Gasteiger partial charge in [-0.05, 0) is 24.0 Å². The van der Waals surface area contributed by atoms with Crippen LogP contribution in [0.5, 0.6) is 0 Å². The monoisotopic (exact) mass is 372 g/mol. The van der Waals surface area contributed by atoms with Crippen LogP contribution in [0.3, 0.4) is 0 Å². The second-order valence-electron chi connectivity index (χ2n) is 7.64. The minimum absolute atomic E-state index is 0.0724. The maximum atomic E-state index is 12.2. The molecule has 5 rings (SSSR count). The van der Waals surface area contributed by atoms with Crippen molar-refractivity contribution in [3.8, 4) is 6.07 Å². The van der Waals surface area contributed by atoms with E-state index in [0.717, 1.165) is 37.3 Å². The van der Waals surface area contributed by atoms with Crippen LogP contribution in [0.15, 0.2) is 57.7 Å². The number of rotatable bonds is 3. The van der Waals surface area contributed by atoms with Gasteiger partial charge in [-0.25, -0.2) is 4.98 Å². The van der Waals surface area contributed by atoms with E-state index in [1.807, 2.05) is 47.0 Å². The molecule has 1 saturated heterocycles. The van der Waals surface area contributed by atoms with Gasteiger partial charge in [-0.2, -0.15) is 5.26 Å². The molecular formula is C22H20N4O2. The lowest BCUT2D eigenvalue weighted by atomic mass is 9.83. The molecule has 3 aromatic rings. The molecule has 0 radical (unpaired) electrons. The van der Waals surface area contributed by atoms with Crippen LogP contribution in [0.2, 0.25) is 0 Å². The lowest BCUT2D eigenvalue weighted by Crippen LogP contribution is -2.47. The molecule has 4 heterocycles. The van der Waals surface area contributed by atoms with E-state index in [2.05, 4.69) is 16.0 Å². The summed E-state index contributed by atoms with van der Waals surface area (Å²) in [4.78, 5) is 18.8. The molecule has 0 aliphatic carbocycles. The summed E-state index contributed by atoms with van der Waals surface area (Å²) in [5.74, 6) is 1.75. The molecule has 1 fully saturated rings. The normalized spacial score (nSPS) is 20.5. The molecule has 0 spiro atoms. The van der Waals surface area contributed by atoms with Crippen molar-refractivity contribution in [3.63, 3.8) is 0 Å². The van der Waals surface area contributed by atoms with Crippen LogP contribution in [0.4, 0.5) is 5.88 Å². The summed E-state index contributed by atoms with van der Waals surface area (Å²) in [5.41, 5.74) is 2.60. The molecule has 28 heavy (non-hydrogen) atoms. The van der Waals surface area contributed by atoms with E-state index in [-0.39, 0.29) is 11.5 Å². The van der Waals surface area contributed by atoms with E-state index < -0.39 is 0 Å². The molecule has 2 aliphatic rings. The first-order valence-electron chi connectivity index (χ1n) is 9.59. The number of benzene rings is 1. The number of aromatic nitrogens is 2. The van der Waals surface area contributed by atoms with Gasteiger partial charge in [-0.3, -0.25) is 4.79 Å². The fraction of sp³-hybridized carbons (Fsp3) is 0.318. The van der Waals surface area contributed by atoms with Crippen molar-refractivity contribution in [2.75, 3.05) is 18.0 Å². The Hall–Kier alpha value is -3.33. The highest BCUT2D eigenvalue weighted by Crippen LogP contribution is 2.38. The van der Waals surface area contributed by atoms with Crippen molar-refractivity contribution < 1.29 is 4.42 Å². The maximum Gasteiger partial charge on any atom is 0.250 e. The zero-order chi connectivity index (χ0) is 19.1. The minimum atomic E-state index is 0.0724. The molecule has 2 bridgehead atoms. The maximum absolute atomic E-state index is 12.2. The van der Waals surface area contributed by atoms with Gasteiger partial charge in [0, 0.05) is 43.7 Å².